The molecule has 6 heterocycles. The molecule has 0 saturated heterocycles. The molecule has 4 aliphatic heterocycles. The fraction of sp³-hybridized carbons (Fsp3) is 0.304. The van der Waals surface area contributed by atoms with Gasteiger partial charge in [0, 0.05) is 32.5 Å². The third-order valence-electron chi connectivity index (χ3n) is 12.4. The quantitative estimate of drug-likeness (QED) is 0.106. The van der Waals surface area contributed by atoms with Gasteiger partial charge in [-0.15, -0.1) is 0 Å². The maximum atomic E-state index is 14.9. The SMILES string of the molecule is C=C1CC2C(CCc3ccc4c5c3-c3n(c6ccccc6[n+]31)C(C)[SH]5c1ccc(F)cc1-4)c1ccccc1-c1cc(CC(C)C)c([Si](C)(C)C)c[n+]12. The van der Waals surface area contributed by atoms with Crippen LogP contribution in [0.5, 0.6) is 0 Å². The molecule has 0 N–H and O–H groups in total. The fourth-order valence-electron chi connectivity index (χ4n) is 10.3. The second-order valence-electron chi connectivity index (χ2n) is 17.1. The number of benzene rings is 4. The van der Waals surface area contributed by atoms with Crippen LogP contribution in [-0.4, -0.2) is 12.6 Å². The summed E-state index contributed by atoms with van der Waals surface area (Å²) in [7, 11) is -2.39. The highest BCUT2D eigenvalue weighted by Gasteiger charge is 2.49. The van der Waals surface area contributed by atoms with Gasteiger partial charge in [-0.05, 0) is 96.3 Å². The van der Waals surface area contributed by atoms with Crippen LogP contribution in [0, 0.1) is 11.7 Å². The van der Waals surface area contributed by atoms with E-state index in [1.54, 1.807) is 17.3 Å². The summed E-state index contributed by atoms with van der Waals surface area (Å²) in [5.41, 5.74) is 14.4. The maximum absolute atomic E-state index is 14.9. The van der Waals surface area contributed by atoms with Crippen molar-refractivity contribution in [2.24, 2.45) is 5.92 Å². The highest BCUT2D eigenvalue weighted by molar-refractivity contribution is 8.17. The number of allylic oxidation sites excluding steroid dienone is 1. The molecule has 2 aromatic heterocycles. The predicted octanol–water partition coefficient (Wildman–Crippen LogP) is 10.5. The van der Waals surface area contributed by atoms with E-state index in [4.69, 9.17) is 6.58 Å². The molecule has 262 valence electrons. The first-order valence-corrected chi connectivity index (χ1v) is 24.1. The van der Waals surface area contributed by atoms with Crippen molar-refractivity contribution in [3.8, 4) is 33.8 Å². The molecule has 0 bridgehead atoms. The molecule has 4 atom stereocenters. The molecular formula is C46H48FN3SSi+2. The van der Waals surface area contributed by atoms with Crippen molar-refractivity contribution in [2.75, 3.05) is 0 Å². The van der Waals surface area contributed by atoms with E-state index in [1.165, 1.54) is 65.7 Å². The van der Waals surface area contributed by atoms with Crippen LogP contribution in [-0.2, 0) is 12.8 Å². The van der Waals surface area contributed by atoms with Crippen molar-refractivity contribution in [3.63, 3.8) is 0 Å². The lowest BCUT2D eigenvalue weighted by molar-refractivity contribution is -0.719. The van der Waals surface area contributed by atoms with Crippen LogP contribution in [0.1, 0.15) is 67.6 Å². The number of para-hydroxylation sites is 2. The van der Waals surface area contributed by atoms with Crippen molar-refractivity contribution in [2.45, 2.75) is 93.2 Å². The van der Waals surface area contributed by atoms with Crippen LogP contribution in [0.3, 0.4) is 0 Å². The largest absolute Gasteiger partial charge is 0.297 e. The average molecular weight is 722 g/mol. The molecule has 0 saturated carbocycles. The standard InChI is InChI=1S/C46H48FN3SSi/c1-27(2)22-31-24-41-34-13-9-8-12-33(34)35-19-16-30-17-20-36-37-25-32(47)18-21-42(37)51-29(4)50-39-15-11-10-14-38(39)49(46(50)44(30)45(36)51)28(3)23-40(35)48(41)26-43(31)52(5,6)7/h8-15,17-18,20-21,24-27,29,35,40,51H,3,16,19,22-23H2,1-2,4-7H3/q+2. The van der Waals surface area contributed by atoms with Gasteiger partial charge in [-0.25, -0.2) is 8.96 Å². The third-order valence-corrected chi connectivity index (χ3v) is 17.3. The Morgan fingerprint density at radius 2 is 1.73 bits per heavy atom. The first kappa shape index (κ1) is 32.4. The molecule has 4 unspecified atom stereocenters. The normalized spacial score (nSPS) is 21.7. The number of hydrogen-bond donors (Lipinski definition) is 1. The number of aryl methyl sites for hydroxylation is 1. The molecule has 3 nitrogen and oxygen atoms in total. The maximum Gasteiger partial charge on any atom is 0.297 e. The smallest absolute Gasteiger partial charge is 0.212 e. The molecule has 4 aromatic carbocycles. The number of pyridine rings is 1. The molecule has 0 aliphatic carbocycles. The Morgan fingerprint density at radius 3 is 2.54 bits per heavy atom. The molecule has 6 heteroatoms. The lowest BCUT2D eigenvalue weighted by atomic mass is 9.77. The van der Waals surface area contributed by atoms with E-state index < -0.39 is 19.0 Å². The van der Waals surface area contributed by atoms with Crippen molar-refractivity contribution >= 4 is 40.9 Å². The van der Waals surface area contributed by atoms with Gasteiger partial charge >= 0.3 is 0 Å². The van der Waals surface area contributed by atoms with Gasteiger partial charge in [-0.3, -0.25) is 0 Å². The zero-order valence-corrected chi connectivity index (χ0v) is 33.1. The Hall–Kier alpha value is -4.26. The minimum atomic E-state index is -1.66. The van der Waals surface area contributed by atoms with E-state index in [0.29, 0.717) is 11.8 Å². The van der Waals surface area contributed by atoms with E-state index in [-0.39, 0.29) is 17.2 Å². The minimum Gasteiger partial charge on any atom is -0.212 e. The van der Waals surface area contributed by atoms with Gasteiger partial charge in [0.05, 0.1) is 20.1 Å². The van der Waals surface area contributed by atoms with Gasteiger partial charge in [-0.1, -0.05) is 82.5 Å². The molecule has 0 spiro atoms. The van der Waals surface area contributed by atoms with Crippen LogP contribution >= 0.6 is 10.9 Å². The van der Waals surface area contributed by atoms with Crippen LogP contribution in [0.2, 0.25) is 19.6 Å². The first-order chi connectivity index (χ1) is 25.0. The number of hydrogen-bond acceptors (Lipinski definition) is 0. The highest BCUT2D eigenvalue weighted by Crippen LogP contribution is 2.69. The fourth-order valence-corrected chi connectivity index (χ4v) is 15.1. The Bertz CT molecular complexity index is 2520. The summed E-state index contributed by atoms with van der Waals surface area (Å²) >= 11 is 0. The number of halogens is 1. The van der Waals surface area contributed by atoms with E-state index >= 15 is 0 Å². The molecular weight excluding hydrogens is 674 g/mol. The molecule has 6 aromatic rings. The van der Waals surface area contributed by atoms with Gasteiger partial charge in [0.2, 0.25) is 5.69 Å². The molecule has 0 amide bonds. The second-order valence-corrected chi connectivity index (χ2v) is 24.6. The Morgan fingerprint density at radius 1 is 0.942 bits per heavy atom. The summed E-state index contributed by atoms with van der Waals surface area (Å²) in [6.07, 6.45) is 6.59. The highest BCUT2D eigenvalue weighted by atomic mass is 32.2. The Labute approximate surface area is 310 Å². The van der Waals surface area contributed by atoms with Crippen LogP contribution in [0.4, 0.5) is 4.39 Å². The second kappa shape index (κ2) is 11.4. The monoisotopic (exact) mass is 721 g/mol. The van der Waals surface area contributed by atoms with Crippen LogP contribution < -0.4 is 14.3 Å². The summed E-state index contributed by atoms with van der Waals surface area (Å²) < 4.78 is 22.7. The van der Waals surface area contributed by atoms with Crippen molar-refractivity contribution in [1.29, 1.82) is 0 Å². The topological polar surface area (TPSA) is 12.7 Å². The van der Waals surface area contributed by atoms with Gasteiger partial charge in [0.25, 0.3) is 5.82 Å². The molecule has 0 fully saturated rings. The molecule has 10 rings (SSSR count). The summed E-state index contributed by atoms with van der Waals surface area (Å²) in [5.74, 6) is 2.03. The Kier molecular flexibility index (Phi) is 7.08. The van der Waals surface area contributed by atoms with Gasteiger partial charge in [0.1, 0.15) is 16.9 Å². The van der Waals surface area contributed by atoms with Crippen molar-refractivity contribution in [1.82, 2.24) is 4.57 Å². The number of nitrogens with zero attached hydrogens (tertiary/aromatic N) is 3. The zero-order valence-electron chi connectivity index (χ0n) is 31.2. The van der Waals surface area contributed by atoms with Gasteiger partial charge < -0.3 is 0 Å². The lowest BCUT2D eigenvalue weighted by Gasteiger charge is -2.35. The summed E-state index contributed by atoms with van der Waals surface area (Å²) in [4.78, 5) is 2.75. The number of aromatic nitrogens is 3. The molecule has 52 heavy (non-hydrogen) atoms. The number of imidazole rings is 1. The van der Waals surface area contributed by atoms with Crippen LogP contribution in [0.15, 0.2) is 107 Å². The predicted molar refractivity (Wildman–Crippen MR) is 217 cm³/mol. The molecule has 4 aliphatic rings. The average Bonchev–Trinajstić information content (AvgIpc) is 3.63. The Balaban J connectivity index is 1.24. The van der Waals surface area contributed by atoms with E-state index in [9.17, 15) is 4.39 Å². The van der Waals surface area contributed by atoms with E-state index in [0.717, 1.165) is 36.9 Å². The minimum absolute atomic E-state index is 0.157. The first-order valence-electron chi connectivity index (χ1n) is 19.2. The molecule has 0 radical (unpaired) electrons. The number of fused-ring (bicyclic) bond motifs is 12. The lowest BCUT2D eigenvalue weighted by Crippen LogP contribution is -2.54. The zero-order chi connectivity index (χ0) is 35.8. The number of rotatable bonds is 3. The van der Waals surface area contributed by atoms with E-state index in [2.05, 4.69) is 133 Å². The third kappa shape index (κ3) is 4.49. The summed E-state index contributed by atoms with van der Waals surface area (Å²) in [5, 5.41) is 1.81. The summed E-state index contributed by atoms with van der Waals surface area (Å²) in [6, 6.07) is 31.2. The number of thiol groups is 1. The van der Waals surface area contributed by atoms with E-state index in [1.807, 2.05) is 0 Å². The van der Waals surface area contributed by atoms with Crippen molar-refractivity contribution in [3.05, 3.63) is 120 Å². The van der Waals surface area contributed by atoms with Gasteiger partial charge in [-0.2, -0.15) is 20.0 Å². The van der Waals surface area contributed by atoms with Gasteiger partial charge in [0.15, 0.2) is 23.3 Å². The summed E-state index contributed by atoms with van der Waals surface area (Å²) in [6.45, 7) is 19.6. The van der Waals surface area contributed by atoms with Crippen LogP contribution in [0.25, 0.3) is 50.5 Å². The van der Waals surface area contributed by atoms with Crippen molar-refractivity contribution < 1.29 is 13.5 Å².